The summed E-state index contributed by atoms with van der Waals surface area (Å²) in [5.41, 5.74) is -0.607. The van der Waals surface area contributed by atoms with Gasteiger partial charge in [-0.25, -0.2) is 22.0 Å². The van der Waals surface area contributed by atoms with Crippen molar-refractivity contribution in [3.63, 3.8) is 0 Å². The van der Waals surface area contributed by atoms with Crippen molar-refractivity contribution < 1.29 is 36.6 Å². The SMILES string of the molecule is COc1ccc([C@](C)(NCC(O)c2ccc(O)c(NS(C)(=O)=O)c2)C(=O)Nc2cccc(S(N)(=O)=O)c2)cc1. The quantitative estimate of drug-likeness (QED) is 0.183. The van der Waals surface area contributed by atoms with Crippen LogP contribution in [0.5, 0.6) is 11.5 Å². The van der Waals surface area contributed by atoms with E-state index >= 15 is 0 Å². The maximum atomic E-state index is 13.6. The Hall–Kier alpha value is -3.69. The number of nitrogens with one attached hydrogen (secondary N) is 3. The van der Waals surface area contributed by atoms with E-state index in [1.807, 2.05) is 0 Å². The van der Waals surface area contributed by atoms with Crippen molar-refractivity contribution in [1.82, 2.24) is 5.32 Å². The van der Waals surface area contributed by atoms with Gasteiger partial charge in [0, 0.05) is 12.2 Å². The molecule has 210 valence electrons. The summed E-state index contributed by atoms with van der Waals surface area (Å²) in [7, 11) is -6.19. The van der Waals surface area contributed by atoms with E-state index in [0.717, 1.165) is 6.26 Å². The molecule has 12 nitrogen and oxygen atoms in total. The largest absolute Gasteiger partial charge is 0.506 e. The minimum atomic E-state index is -4.00. The van der Waals surface area contributed by atoms with Gasteiger partial charge in [0.2, 0.25) is 26.0 Å². The summed E-state index contributed by atoms with van der Waals surface area (Å²) < 4.78 is 54.1. The van der Waals surface area contributed by atoms with Crippen LogP contribution in [0.2, 0.25) is 0 Å². The maximum Gasteiger partial charge on any atom is 0.249 e. The van der Waals surface area contributed by atoms with E-state index in [4.69, 9.17) is 9.88 Å². The molecule has 0 radical (unpaired) electrons. The third kappa shape index (κ3) is 7.68. The molecule has 0 saturated heterocycles. The Balaban J connectivity index is 1.91. The third-order valence-corrected chi connectivity index (χ3v) is 7.39. The first-order valence-corrected chi connectivity index (χ1v) is 14.9. The molecule has 0 aliphatic rings. The topological polar surface area (TPSA) is 197 Å². The van der Waals surface area contributed by atoms with Crippen LogP contribution in [-0.4, -0.2) is 52.9 Å². The van der Waals surface area contributed by atoms with E-state index in [0.29, 0.717) is 11.3 Å². The lowest BCUT2D eigenvalue weighted by Crippen LogP contribution is -2.51. The van der Waals surface area contributed by atoms with Gasteiger partial charge in [-0.3, -0.25) is 14.8 Å². The van der Waals surface area contributed by atoms with E-state index in [2.05, 4.69) is 15.4 Å². The molecule has 0 aromatic heterocycles. The van der Waals surface area contributed by atoms with Crippen molar-refractivity contribution in [1.29, 1.82) is 0 Å². The monoisotopic (exact) mass is 578 g/mol. The zero-order valence-corrected chi connectivity index (χ0v) is 23.0. The molecule has 3 rings (SSSR count). The highest BCUT2D eigenvalue weighted by molar-refractivity contribution is 7.92. The lowest BCUT2D eigenvalue weighted by atomic mass is 9.90. The third-order valence-electron chi connectivity index (χ3n) is 5.89. The number of hydrogen-bond acceptors (Lipinski definition) is 9. The summed E-state index contributed by atoms with van der Waals surface area (Å²) >= 11 is 0. The van der Waals surface area contributed by atoms with Crippen LogP contribution in [0, 0.1) is 0 Å². The summed E-state index contributed by atoms with van der Waals surface area (Å²) in [6.07, 6.45) is -0.295. The molecule has 0 aliphatic carbocycles. The number of phenols is 1. The van der Waals surface area contributed by atoms with Gasteiger partial charge in [0.25, 0.3) is 0 Å². The van der Waals surface area contributed by atoms with Crippen LogP contribution in [0.3, 0.4) is 0 Å². The Bertz CT molecular complexity index is 1560. The number of aliphatic hydroxyl groups is 1. The van der Waals surface area contributed by atoms with Crippen LogP contribution in [0.15, 0.2) is 71.6 Å². The van der Waals surface area contributed by atoms with Gasteiger partial charge in [0.05, 0.1) is 30.1 Å². The number of amides is 1. The molecular weight excluding hydrogens is 548 g/mol. The van der Waals surface area contributed by atoms with Gasteiger partial charge in [-0.1, -0.05) is 24.3 Å². The molecule has 1 amide bonds. The van der Waals surface area contributed by atoms with E-state index in [-0.39, 0.29) is 34.1 Å². The summed E-state index contributed by atoms with van der Waals surface area (Å²) in [6, 6.07) is 16.0. The average molecular weight is 579 g/mol. The number of benzene rings is 3. The fraction of sp³-hybridized carbons (Fsp3) is 0.240. The highest BCUT2D eigenvalue weighted by Crippen LogP contribution is 2.30. The molecule has 0 aliphatic heterocycles. The Morgan fingerprint density at radius 1 is 1.05 bits per heavy atom. The van der Waals surface area contributed by atoms with Gasteiger partial charge < -0.3 is 20.3 Å². The predicted octanol–water partition coefficient (Wildman–Crippen LogP) is 1.60. The second-order valence-corrected chi connectivity index (χ2v) is 12.2. The van der Waals surface area contributed by atoms with Crippen molar-refractivity contribution in [3.05, 3.63) is 77.9 Å². The fourth-order valence-electron chi connectivity index (χ4n) is 3.71. The van der Waals surface area contributed by atoms with Crippen LogP contribution in [0.1, 0.15) is 24.2 Å². The molecule has 0 saturated carbocycles. The molecule has 2 atom stereocenters. The first-order chi connectivity index (χ1) is 18.1. The van der Waals surface area contributed by atoms with Gasteiger partial charge in [-0.2, -0.15) is 0 Å². The molecule has 14 heteroatoms. The van der Waals surface area contributed by atoms with E-state index in [1.54, 1.807) is 31.2 Å². The summed E-state index contributed by atoms with van der Waals surface area (Å²) in [4.78, 5) is 13.4. The van der Waals surface area contributed by atoms with Crippen molar-refractivity contribution in [2.24, 2.45) is 5.14 Å². The summed E-state index contributed by atoms with van der Waals surface area (Å²) in [6.45, 7) is 1.41. The number of aromatic hydroxyl groups is 1. The number of hydrogen-bond donors (Lipinski definition) is 6. The molecule has 3 aromatic carbocycles. The van der Waals surface area contributed by atoms with E-state index in [1.165, 1.54) is 49.6 Å². The number of primary sulfonamides is 1. The number of ether oxygens (including phenoxy) is 1. The van der Waals surface area contributed by atoms with Crippen LogP contribution in [-0.2, 0) is 30.4 Å². The Kier molecular flexibility index (Phi) is 8.87. The minimum absolute atomic E-state index is 0.112. The predicted molar refractivity (Wildman–Crippen MR) is 146 cm³/mol. The number of carbonyl (C=O) groups excluding carboxylic acids is 1. The minimum Gasteiger partial charge on any atom is -0.506 e. The van der Waals surface area contributed by atoms with Gasteiger partial charge in [-0.05, 0) is 60.5 Å². The molecule has 1 unspecified atom stereocenters. The van der Waals surface area contributed by atoms with Gasteiger partial charge in [-0.15, -0.1) is 0 Å². The first-order valence-electron chi connectivity index (χ1n) is 11.4. The number of phenolic OH excluding ortho intramolecular Hbond substituents is 1. The average Bonchev–Trinajstić information content (AvgIpc) is 2.87. The molecule has 3 aromatic rings. The second-order valence-electron chi connectivity index (χ2n) is 8.93. The molecule has 0 bridgehead atoms. The van der Waals surface area contributed by atoms with E-state index < -0.39 is 37.6 Å². The van der Waals surface area contributed by atoms with Crippen molar-refractivity contribution >= 4 is 37.3 Å². The number of aliphatic hydroxyl groups excluding tert-OH is 1. The molecule has 7 N–H and O–H groups in total. The van der Waals surface area contributed by atoms with Crippen LogP contribution in [0.25, 0.3) is 0 Å². The van der Waals surface area contributed by atoms with Crippen molar-refractivity contribution in [3.8, 4) is 11.5 Å². The number of nitrogens with two attached hydrogens (primary N) is 1. The standard InChI is InChI=1S/C25H30N4O8S2/c1-25(17-8-10-19(37-2)11-9-17,24(32)28-18-5-4-6-20(14-18)39(26,35)36)27-15-23(31)16-7-12-22(30)21(13-16)29-38(3,33)34/h4-14,23,27,29-31H,15H2,1-3H3,(H,28,32)(H2,26,35,36)/t23?,25-/m0/s1. The zero-order chi connectivity index (χ0) is 29.0. The number of carbonyl (C=O) groups is 1. The number of rotatable bonds is 11. The normalized spacial score (nSPS) is 14.2. The lowest BCUT2D eigenvalue weighted by molar-refractivity contribution is -0.122. The molecule has 0 spiro atoms. The maximum absolute atomic E-state index is 13.6. The van der Waals surface area contributed by atoms with Crippen LogP contribution in [0.4, 0.5) is 11.4 Å². The smallest absolute Gasteiger partial charge is 0.249 e. The Morgan fingerprint density at radius 2 is 1.72 bits per heavy atom. The van der Waals surface area contributed by atoms with E-state index in [9.17, 15) is 31.8 Å². The van der Waals surface area contributed by atoms with Crippen molar-refractivity contribution in [2.75, 3.05) is 29.9 Å². The lowest BCUT2D eigenvalue weighted by Gasteiger charge is -2.31. The number of anilines is 2. The van der Waals surface area contributed by atoms with Crippen LogP contribution >= 0.6 is 0 Å². The van der Waals surface area contributed by atoms with Gasteiger partial charge in [0.15, 0.2) is 0 Å². The second kappa shape index (κ2) is 11.6. The van der Waals surface area contributed by atoms with Gasteiger partial charge >= 0.3 is 0 Å². The van der Waals surface area contributed by atoms with Crippen molar-refractivity contribution in [2.45, 2.75) is 23.5 Å². The summed E-state index contributed by atoms with van der Waals surface area (Å²) in [5, 5.41) is 31.8. The fourth-order valence-corrected chi connectivity index (χ4v) is 4.83. The number of methoxy groups -OCH3 is 1. The Morgan fingerprint density at radius 3 is 2.31 bits per heavy atom. The highest BCUT2D eigenvalue weighted by Gasteiger charge is 2.36. The van der Waals surface area contributed by atoms with Gasteiger partial charge in [0.1, 0.15) is 17.0 Å². The summed E-state index contributed by atoms with van der Waals surface area (Å²) in [5.74, 6) is -0.345. The molecule has 0 fully saturated rings. The molecule has 39 heavy (non-hydrogen) atoms. The Labute approximate surface area is 226 Å². The molecular formula is C25H30N4O8S2. The van der Waals surface area contributed by atoms with Crippen LogP contribution < -0.4 is 25.2 Å². The first kappa shape index (κ1) is 29.9. The number of sulfonamides is 2. The zero-order valence-electron chi connectivity index (χ0n) is 21.4. The molecule has 0 heterocycles. The highest BCUT2D eigenvalue weighted by atomic mass is 32.2.